The number of carbonyl (C=O) groups excluding carboxylic acids is 2. The average molecular weight is 865 g/mol. The summed E-state index contributed by atoms with van der Waals surface area (Å²) in [6.45, 7) is 0. The van der Waals surface area contributed by atoms with Crippen LogP contribution in [0.5, 0.6) is 11.5 Å². The van der Waals surface area contributed by atoms with Crippen LogP contribution in [0.3, 0.4) is 0 Å². The van der Waals surface area contributed by atoms with Gasteiger partial charge in [-0.1, -0.05) is 55.1 Å². The number of hydrogen-bond acceptors (Lipinski definition) is 6. The Kier molecular flexibility index (Phi) is 13.0. The fraction of sp³-hybridized carbons (Fsp3) is 0. The summed E-state index contributed by atoms with van der Waals surface area (Å²) < 4.78 is 2.61. The largest absolute Gasteiger partial charge is 0.506 e. The summed E-state index contributed by atoms with van der Waals surface area (Å²) in [6, 6.07) is 19.7. The average Bonchev–Trinajstić information content (AvgIpc) is 2.94. The number of nitrogens with one attached hydrogen (secondary N) is 2. The molecule has 4 N–H and O–H groups in total. The molecule has 0 spiro atoms. The van der Waals surface area contributed by atoms with Crippen LogP contribution in [0, 0.1) is 0 Å². The number of benzene rings is 4. The minimum Gasteiger partial charge on any atom is -0.506 e. The number of phenols is 2. The van der Waals surface area contributed by atoms with Crippen LogP contribution >= 0.6 is 86.9 Å². The second kappa shape index (κ2) is 16.2. The van der Waals surface area contributed by atoms with Gasteiger partial charge >= 0.3 is 0 Å². The molecule has 4 aromatic rings. The van der Waals surface area contributed by atoms with Crippen LogP contribution in [-0.2, 0) is 0 Å². The molecule has 0 heterocycles. The van der Waals surface area contributed by atoms with Crippen molar-refractivity contribution in [2.45, 2.75) is 0 Å². The second-order valence-corrected chi connectivity index (χ2v) is 12.5. The van der Waals surface area contributed by atoms with Crippen molar-refractivity contribution in [2.75, 3.05) is 0 Å². The Balaban J connectivity index is 0.000000230. The minimum absolute atomic E-state index is 0.0442. The molecule has 8 nitrogen and oxygen atoms in total. The first-order chi connectivity index (χ1) is 19.9. The summed E-state index contributed by atoms with van der Waals surface area (Å²) in [5, 5.41) is 28.5. The number of hydrazone groups is 2. The summed E-state index contributed by atoms with van der Waals surface area (Å²) in [7, 11) is 0. The molecule has 216 valence electrons. The lowest BCUT2D eigenvalue weighted by Gasteiger charge is -2.03. The number of phenolic OH excluding ortho intramolecular Hbond substituents is 2. The van der Waals surface area contributed by atoms with Crippen LogP contribution < -0.4 is 10.9 Å². The van der Waals surface area contributed by atoms with Gasteiger partial charge in [0, 0.05) is 41.2 Å². The van der Waals surface area contributed by atoms with E-state index in [0.717, 1.165) is 8.95 Å². The maximum absolute atomic E-state index is 11.8. The molecule has 4 rings (SSSR count). The highest BCUT2D eigenvalue weighted by Gasteiger charge is 2.08. The van der Waals surface area contributed by atoms with E-state index in [1.807, 2.05) is 0 Å². The van der Waals surface area contributed by atoms with E-state index in [0.29, 0.717) is 41.2 Å². The third-order valence-electron chi connectivity index (χ3n) is 5.07. The third-order valence-corrected chi connectivity index (χ3v) is 7.70. The van der Waals surface area contributed by atoms with Crippen LogP contribution in [0.25, 0.3) is 0 Å². The van der Waals surface area contributed by atoms with Crippen LogP contribution in [-0.4, -0.2) is 34.5 Å². The highest BCUT2D eigenvalue weighted by molar-refractivity contribution is 9.11. The molecule has 0 unspecified atom stereocenters. The Morgan fingerprint density at radius 2 is 0.952 bits per heavy atom. The number of nitrogens with zero attached hydrogens (tertiary/aromatic N) is 2. The first-order valence-electron chi connectivity index (χ1n) is 11.5. The van der Waals surface area contributed by atoms with E-state index < -0.39 is 0 Å². The van der Waals surface area contributed by atoms with Gasteiger partial charge in [0.25, 0.3) is 11.8 Å². The van der Waals surface area contributed by atoms with Crippen LogP contribution in [0.1, 0.15) is 31.8 Å². The van der Waals surface area contributed by atoms with Crippen molar-refractivity contribution >= 4 is 111 Å². The Labute approximate surface area is 284 Å². The first-order valence-corrected chi connectivity index (χ1v) is 15.4. The third kappa shape index (κ3) is 10.2. The van der Waals surface area contributed by atoms with Crippen molar-refractivity contribution in [3.63, 3.8) is 0 Å². The molecule has 0 aliphatic rings. The fourth-order valence-corrected chi connectivity index (χ4v) is 5.79. The zero-order valence-electron chi connectivity index (χ0n) is 21.0. The lowest BCUT2D eigenvalue weighted by atomic mass is 10.2. The maximum Gasteiger partial charge on any atom is 0.271 e. The molecule has 4 aromatic carbocycles. The summed E-state index contributed by atoms with van der Waals surface area (Å²) >= 11 is 24.6. The van der Waals surface area contributed by atoms with Crippen LogP contribution in [0.2, 0.25) is 10.0 Å². The summed E-state index contributed by atoms with van der Waals surface area (Å²) in [5.41, 5.74) is 6.57. The summed E-state index contributed by atoms with van der Waals surface area (Å²) in [5.74, 6) is -0.640. The number of hydrogen-bond donors (Lipinski definition) is 4. The van der Waals surface area contributed by atoms with Crippen molar-refractivity contribution in [2.24, 2.45) is 10.2 Å². The van der Waals surface area contributed by atoms with Gasteiger partial charge in [-0.25, -0.2) is 10.9 Å². The summed E-state index contributed by atoms with van der Waals surface area (Å²) in [6.07, 6.45) is 2.72. The Bertz CT molecular complexity index is 1530. The molecule has 0 aliphatic heterocycles. The smallest absolute Gasteiger partial charge is 0.271 e. The van der Waals surface area contributed by atoms with Crippen LogP contribution in [0.15, 0.2) is 101 Å². The van der Waals surface area contributed by atoms with E-state index in [9.17, 15) is 19.8 Å². The van der Waals surface area contributed by atoms with Gasteiger partial charge in [-0.15, -0.1) is 0 Å². The topological polar surface area (TPSA) is 123 Å². The zero-order valence-corrected chi connectivity index (χ0v) is 28.8. The van der Waals surface area contributed by atoms with Gasteiger partial charge in [-0.3, -0.25) is 9.59 Å². The maximum atomic E-state index is 11.8. The predicted octanol–water partition coefficient (Wildman–Crippen LogP) is 8.67. The molecule has 42 heavy (non-hydrogen) atoms. The van der Waals surface area contributed by atoms with Crippen molar-refractivity contribution in [3.8, 4) is 11.5 Å². The molecule has 2 amide bonds. The van der Waals surface area contributed by atoms with Gasteiger partial charge in [-0.2, -0.15) is 10.2 Å². The molecule has 0 aromatic heterocycles. The standard InChI is InChI=1S/2C14H9Br2ClN2O2/c2*15-10-5-9(13(20)12(16)6-10)7-18-19-14(21)8-1-3-11(17)4-2-8/h2*1-7,20H,(H,19,21)/b2*18-7+. The van der Waals surface area contributed by atoms with Gasteiger partial charge in [-0.05, 0) is 105 Å². The van der Waals surface area contributed by atoms with E-state index in [4.69, 9.17) is 23.2 Å². The van der Waals surface area contributed by atoms with Crippen molar-refractivity contribution in [1.29, 1.82) is 0 Å². The first kappa shape index (κ1) is 33.8. The van der Waals surface area contributed by atoms with Crippen LogP contribution in [0.4, 0.5) is 0 Å². The van der Waals surface area contributed by atoms with Crippen molar-refractivity contribution in [3.05, 3.63) is 123 Å². The highest BCUT2D eigenvalue weighted by atomic mass is 79.9. The van der Waals surface area contributed by atoms with E-state index in [1.165, 1.54) is 12.4 Å². The molecule has 0 fully saturated rings. The Morgan fingerprint density at radius 1 is 0.619 bits per heavy atom. The van der Waals surface area contributed by atoms with Gasteiger partial charge in [0.1, 0.15) is 11.5 Å². The van der Waals surface area contributed by atoms with Gasteiger partial charge in [0.2, 0.25) is 0 Å². The molecule has 0 aliphatic carbocycles. The van der Waals surface area contributed by atoms with E-state index in [-0.39, 0.29) is 23.3 Å². The quantitative estimate of drug-likeness (QED) is 0.115. The van der Waals surface area contributed by atoms with E-state index >= 15 is 0 Å². The highest BCUT2D eigenvalue weighted by Crippen LogP contribution is 2.31. The SMILES string of the molecule is O=C(N/N=C/c1cc(Br)cc(Br)c1O)c1ccc(Cl)cc1.O=C(N/N=C/c1cc(Br)cc(Br)c1O)c1ccc(Cl)cc1. The lowest BCUT2D eigenvalue weighted by molar-refractivity contribution is 0.0947. The van der Waals surface area contributed by atoms with Gasteiger partial charge < -0.3 is 10.2 Å². The predicted molar refractivity (Wildman–Crippen MR) is 180 cm³/mol. The molecule has 14 heteroatoms. The molecule has 0 atom stereocenters. The fourth-order valence-electron chi connectivity index (χ4n) is 3.02. The van der Waals surface area contributed by atoms with Crippen molar-refractivity contribution < 1.29 is 19.8 Å². The van der Waals surface area contributed by atoms with E-state index in [1.54, 1.807) is 72.8 Å². The summed E-state index contributed by atoms with van der Waals surface area (Å²) in [4.78, 5) is 23.6. The lowest BCUT2D eigenvalue weighted by Crippen LogP contribution is -2.17. The molecule has 0 bridgehead atoms. The number of aromatic hydroxyl groups is 2. The van der Waals surface area contributed by atoms with Crippen molar-refractivity contribution in [1.82, 2.24) is 10.9 Å². The van der Waals surface area contributed by atoms with Gasteiger partial charge in [0.05, 0.1) is 21.4 Å². The molecule has 0 radical (unpaired) electrons. The number of amides is 2. The molecule has 0 saturated carbocycles. The molecular weight excluding hydrogens is 847 g/mol. The van der Waals surface area contributed by atoms with E-state index in [2.05, 4.69) is 84.8 Å². The number of halogens is 6. The Hall–Kier alpha value is -2.74. The molecule has 0 saturated heterocycles. The number of rotatable bonds is 6. The van der Waals surface area contributed by atoms with Gasteiger partial charge in [0.15, 0.2) is 0 Å². The number of carbonyl (C=O) groups is 2. The molecular formula is C28H18Br4Cl2N4O4. The zero-order chi connectivity index (χ0) is 30.8. The Morgan fingerprint density at radius 3 is 1.29 bits per heavy atom. The minimum atomic E-state index is -0.364. The monoisotopic (exact) mass is 860 g/mol. The normalized spacial score (nSPS) is 10.8. The second-order valence-electron chi connectivity index (χ2n) is 8.06.